The maximum Gasteiger partial charge on any atom is 0.160 e. The number of rotatable bonds is 5. The quantitative estimate of drug-likeness (QED) is 0.374. The van der Waals surface area contributed by atoms with Crippen molar-refractivity contribution in [3.05, 3.63) is 66.9 Å². The van der Waals surface area contributed by atoms with Crippen LogP contribution in [0.3, 0.4) is 0 Å². The van der Waals surface area contributed by atoms with E-state index in [1.165, 1.54) is 19.2 Å². The molecule has 0 bridgehead atoms. The van der Waals surface area contributed by atoms with Crippen LogP contribution in [0.25, 0.3) is 16.7 Å². The third kappa shape index (κ3) is 4.09. The highest BCUT2D eigenvalue weighted by Gasteiger charge is 2.44. The molecule has 0 unspecified atom stereocenters. The van der Waals surface area contributed by atoms with E-state index in [2.05, 4.69) is 41.7 Å². The van der Waals surface area contributed by atoms with E-state index >= 15 is 0 Å². The molecule has 0 aliphatic carbocycles. The average molecular weight is 494 g/mol. The van der Waals surface area contributed by atoms with Crippen molar-refractivity contribution in [2.45, 2.75) is 19.8 Å². The average Bonchev–Trinajstić information content (AvgIpc) is 3.37. The smallest absolute Gasteiger partial charge is 0.160 e. The first-order valence-electron chi connectivity index (χ1n) is 12.6. The van der Waals surface area contributed by atoms with E-state index in [0.717, 1.165) is 65.7 Å². The molecule has 5 aromatic rings. The number of hydrogen-bond donors (Lipinski definition) is 2. The Morgan fingerprint density at radius 1 is 1.03 bits per heavy atom. The Morgan fingerprint density at radius 2 is 1.97 bits per heavy atom. The highest BCUT2D eigenvalue weighted by Crippen LogP contribution is 2.39. The fraction of sp³-hybridized carbons (Fsp3) is 0.296. The van der Waals surface area contributed by atoms with Gasteiger partial charge in [0.15, 0.2) is 11.5 Å². The van der Waals surface area contributed by atoms with Gasteiger partial charge >= 0.3 is 0 Å². The molecule has 2 fully saturated rings. The molecule has 7 rings (SSSR count). The van der Waals surface area contributed by atoms with Gasteiger partial charge in [0, 0.05) is 43.0 Å². The molecule has 0 saturated carbocycles. The van der Waals surface area contributed by atoms with Crippen LogP contribution in [0.1, 0.15) is 18.4 Å². The Hall–Kier alpha value is -4.31. The third-order valence-electron chi connectivity index (χ3n) is 7.32. The second-order valence-corrected chi connectivity index (χ2v) is 10.0. The van der Waals surface area contributed by atoms with Crippen LogP contribution in [0.2, 0.25) is 0 Å². The normalized spacial score (nSPS) is 16.7. The lowest BCUT2D eigenvalue weighted by Gasteiger charge is -2.53. The molecule has 0 amide bonds. The van der Waals surface area contributed by atoms with Gasteiger partial charge in [-0.15, -0.1) is 0 Å². The summed E-state index contributed by atoms with van der Waals surface area (Å²) in [5.41, 5.74) is 4.61. The Kier molecular flexibility index (Phi) is 5.14. The zero-order valence-electron chi connectivity index (χ0n) is 20.6. The second kappa shape index (κ2) is 8.67. The number of pyridine rings is 2. The Bertz CT molecular complexity index is 1600. The first-order chi connectivity index (χ1) is 18.1. The molecule has 186 valence electrons. The lowest BCUT2D eigenvalue weighted by atomic mass is 9.74. The number of aryl methyl sites for hydroxylation is 1. The van der Waals surface area contributed by atoms with Crippen LogP contribution in [-0.2, 0) is 0 Å². The molecule has 37 heavy (non-hydrogen) atoms. The van der Waals surface area contributed by atoms with E-state index in [9.17, 15) is 0 Å². The maximum absolute atomic E-state index is 6.11. The highest BCUT2D eigenvalue weighted by molar-refractivity contribution is 5.88. The Morgan fingerprint density at radius 3 is 2.84 bits per heavy atom. The van der Waals surface area contributed by atoms with Gasteiger partial charge in [-0.3, -0.25) is 0 Å². The number of hydrogen-bond acceptors (Lipinski definition) is 9. The Balaban J connectivity index is 1.11. The summed E-state index contributed by atoms with van der Waals surface area (Å²) in [6, 6.07) is 13.8. The molecule has 4 aromatic heterocycles. The molecule has 2 aliphatic heterocycles. The zero-order chi connectivity index (χ0) is 24.8. The monoisotopic (exact) mass is 493 g/mol. The highest BCUT2D eigenvalue weighted by atomic mass is 16.5. The summed E-state index contributed by atoms with van der Waals surface area (Å²) in [5.74, 6) is 3.14. The second-order valence-electron chi connectivity index (χ2n) is 10.0. The molecule has 1 aromatic carbocycles. The summed E-state index contributed by atoms with van der Waals surface area (Å²) in [4.78, 5) is 20.5. The topological polar surface area (TPSA) is 105 Å². The number of piperidine rings is 1. The van der Waals surface area contributed by atoms with Crippen LogP contribution in [0, 0.1) is 12.3 Å². The number of anilines is 3. The van der Waals surface area contributed by atoms with Crippen molar-refractivity contribution in [3.8, 4) is 11.5 Å². The summed E-state index contributed by atoms with van der Waals surface area (Å²) < 4.78 is 7.81. The van der Waals surface area contributed by atoms with Crippen molar-refractivity contribution >= 4 is 34.0 Å². The summed E-state index contributed by atoms with van der Waals surface area (Å²) >= 11 is 0. The summed E-state index contributed by atoms with van der Waals surface area (Å²) in [7, 11) is 0. The summed E-state index contributed by atoms with van der Waals surface area (Å²) in [5, 5.41) is 11.1. The van der Waals surface area contributed by atoms with Gasteiger partial charge in [-0.25, -0.2) is 24.5 Å². The van der Waals surface area contributed by atoms with Gasteiger partial charge in [0.25, 0.3) is 0 Å². The molecule has 2 saturated heterocycles. The predicted molar refractivity (Wildman–Crippen MR) is 142 cm³/mol. The van der Waals surface area contributed by atoms with Crippen LogP contribution in [0.4, 0.5) is 17.3 Å². The van der Waals surface area contributed by atoms with Crippen molar-refractivity contribution in [2.24, 2.45) is 5.41 Å². The van der Waals surface area contributed by atoms with Crippen molar-refractivity contribution in [1.29, 1.82) is 0 Å². The third-order valence-corrected chi connectivity index (χ3v) is 7.32. The number of aromatic nitrogens is 6. The molecular weight excluding hydrogens is 466 g/mol. The molecule has 0 atom stereocenters. The number of fused-ring (bicyclic) bond motifs is 2. The van der Waals surface area contributed by atoms with Crippen LogP contribution in [0.5, 0.6) is 11.5 Å². The molecule has 10 heteroatoms. The lowest BCUT2D eigenvalue weighted by Crippen LogP contribution is -2.62. The van der Waals surface area contributed by atoms with E-state index in [4.69, 9.17) is 9.72 Å². The SMILES string of the molecule is Cc1cc(Nc2ncnc3ccc(N4CC5(CCCNC5)C4)nc23)ccc1Oc1ccn2ncnc2c1. The van der Waals surface area contributed by atoms with Crippen molar-refractivity contribution < 1.29 is 4.74 Å². The number of ether oxygens (including phenoxy) is 1. The van der Waals surface area contributed by atoms with Gasteiger partial charge in [-0.1, -0.05) is 0 Å². The van der Waals surface area contributed by atoms with E-state index in [1.807, 2.05) is 49.5 Å². The summed E-state index contributed by atoms with van der Waals surface area (Å²) in [6.45, 7) is 6.33. The van der Waals surface area contributed by atoms with E-state index in [0.29, 0.717) is 17.0 Å². The van der Waals surface area contributed by atoms with Crippen LogP contribution < -0.4 is 20.3 Å². The van der Waals surface area contributed by atoms with E-state index in [1.54, 1.807) is 10.8 Å². The minimum Gasteiger partial charge on any atom is -0.457 e. The first-order valence-corrected chi connectivity index (χ1v) is 12.6. The van der Waals surface area contributed by atoms with E-state index < -0.39 is 0 Å². The van der Waals surface area contributed by atoms with Crippen LogP contribution in [0.15, 0.2) is 61.3 Å². The van der Waals surface area contributed by atoms with Gasteiger partial charge in [-0.05, 0) is 68.3 Å². The standard InChI is InChI=1S/C27H27N9O/c1-18-11-19(3-5-22(18)37-20-7-10-36-24(12-20)30-17-32-36)33-26-25-21(29-16-31-26)4-6-23(34-25)35-14-27(15-35)8-2-9-28-13-27/h3-7,10-12,16-17,28H,2,8-9,13-15H2,1H3,(H,29,31,33). The number of nitrogens with zero attached hydrogens (tertiary/aromatic N) is 7. The van der Waals surface area contributed by atoms with Gasteiger partial charge in [0.05, 0.1) is 5.52 Å². The summed E-state index contributed by atoms with van der Waals surface area (Å²) in [6.07, 6.45) is 7.46. The minimum atomic E-state index is 0.395. The maximum atomic E-state index is 6.11. The van der Waals surface area contributed by atoms with Gasteiger partial charge < -0.3 is 20.3 Å². The largest absolute Gasteiger partial charge is 0.457 e. The van der Waals surface area contributed by atoms with Gasteiger partial charge in [0.1, 0.15) is 35.5 Å². The fourth-order valence-electron chi connectivity index (χ4n) is 5.39. The van der Waals surface area contributed by atoms with Crippen molar-refractivity contribution in [1.82, 2.24) is 34.9 Å². The molecule has 2 N–H and O–H groups in total. The molecule has 6 heterocycles. The minimum absolute atomic E-state index is 0.395. The number of benzene rings is 1. The number of nitrogens with one attached hydrogen (secondary N) is 2. The van der Waals surface area contributed by atoms with Crippen molar-refractivity contribution in [2.75, 3.05) is 36.4 Å². The molecule has 1 spiro atoms. The van der Waals surface area contributed by atoms with Gasteiger partial charge in [-0.2, -0.15) is 5.10 Å². The molecule has 10 nitrogen and oxygen atoms in total. The molecule has 0 radical (unpaired) electrons. The van der Waals surface area contributed by atoms with Crippen LogP contribution in [-0.4, -0.2) is 55.7 Å². The predicted octanol–water partition coefficient (Wildman–Crippen LogP) is 4.10. The molecule has 2 aliphatic rings. The van der Waals surface area contributed by atoms with Crippen molar-refractivity contribution in [3.63, 3.8) is 0 Å². The van der Waals surface area contributed by atoms with E-state index in [-0.39, 0.29) is 0 Å². The lowest BCUT2D eigenvalue weighted by molar-refractivity contribution is 0.156. The fourth-order valence-corrected chi connectivity index (χ4v) is 5.39. The van der Waals surface area contributed by atoms with Crippen LogP contribution >= 0.6 is 0 Å². The molecular formula is C27H27N9O. The first kappa shape index (κ1) is 21.9. The zero-order valence-corrected chi connectivity index (χ0v) is 20.6. The van der Waals surface area contributed by atoms with Gasteiger partial charge in [0.2, 0.25) is 0 Å². The Labute approximate surface area is 213 Å².